The second kappa shape index (κ2) is 6.86. The molecule has 2 aliphatic heterocycles. The average molecular weight is 350 g/mol. The Bertz CT molecular complexity index is 874. The van der Waals surface area contributed by atoms with Gasteiger partial charge in [-0.3, -0.25) is 9.79 Å². The van der Waals surface area contributed by atoms with Crippen molar-refractivity contribution in [3.05, 3.63) is 52.3 Å². The van der Waals surface area contributed by atoms with Gasteiger partial charge in [-0.05, 0) is 29.2 Å². The Balaban J connectivity index is 1.64. The Kier molecular flexibility index (Phi) is 4.41. The molecule has 0 aliphatic carbocycles. The SMILES string of the molecule is CCCCN1Cc2cc3c(cc2CC1=O)CN=C3c1cnc(OC)nc1. The zero-order chi connectivity index (χ0) is 18.1. The van der Waals surface area contributed by atoms with Gasteiger partial charge in [0, 0.05) is 36.6 Å². The van der Waals surface area contributed by atoms with E-state index in [-0.39, 0.29) is 5.91 Å². The molecule has 2 aliphatic rings. The molecule has 0 bridgehead atoms. The maximum absolute atomic E-state index is 12.4. The highest BCUT2D eigenvalue weighted by molar-refractivity contribution is 6.15. The van der Waals surface area contributed by atoms with Gasteiger partial charge in [-0.1, -0.05) is 19.4 Å². The molecule has 0 saturated carbocycles. The van der Waals surface area contributed by atoms with E-state index >= 15 is 0 Å². The number of fused-ring (bicyclic) bond motifs is 2. The smallest absolute Gasteiger partial charge is 0.316 e. The van der Waals surface area contributed by atoms with Crippen LogP contribution in [0, 0.1) is 0 Å². The summed E-state index contributed by atoms with van der Waals surface area (Å²) in [4.78, 5) is 27.4. The Labute approximate surface area is 152 Å². The fraction of sp³-hybridized carbons (Fsp3) is 0.400. The van der Waals surface area contributed by atoms with Crippen molar-refractivity contribution in [2.75, 3.05) is 13.7 Å². The molecule has 0 fully saturated rings. The summed E-state index contributed by atoms with van der Waals surface area (Å²) in [7, 11) is 1.55. The fourth-order valence-corrected chi connectivity index (χ4v) is 3.56. The van der Waals surface area contributed by atoms with Gasteiger partial charge in [0.15, 0.2) is 0 Å². The van der Waals surface area contributed by atoms with Crippen LogP contribution < -0.4 is 4.74 Å². The summed E-state index contributed by atoms with van der Waals surface area (Å²) in [5.41, 5.74) is 6.47. The van der Waals surface area contributed by atoms with Gasteiger partial charge in [-0.25, -0.2) is 9.97 Å². The number of hydrogen-bond donors (Lipinski definition) is 0. The molecule has 0 spiro atoms. The molecule has 0 unspecified atom stereocenters. The molecule has 6 nitrogen and oxygen atoms in total. The maximum Gasteiger partial charge on any atom is 0.316 e. The Morgan fingerprint density at radius 3 is 2.69 bits per heavy atom. The number of benzene rings is 1. The Hall–Kier alpha value is -2.76. The van der Waals surface area contributed by atoms with E-state index in [9.17, 15) is 4.79 Å². The van der Waals surface area contributed by atoms with E-state index < -0.39 is 0 Å². The molecular weight excluding hydrogens is 328 g/mol. The predicted octanol–water partition coefficient (Wildman–Crippen LogP) is 2.52. The molecule has 3 heterocycles. The lowest BCUT2D eigenvalue weighted by Gasteiger charge is -2.29. The van der Waals surface area contributed by atoms with Gasteiger partial charge in [0.25, 0.3) is 0 Å². The molecule has 0 saturated heterocycles. The van der Waals surface area contributed by atoms with E-state index in [1.165, 1.54) is 11.1 Å². The number of hydrogen-bond acceptors (Lipinski definition) is 5. The topological polar surface area (TPSA) is 67.7 Å². The first-order valence-corrected chi connectivity index (χ1v) is 9.03. The summed E-state index contributed by atoms with van der Waals surface area (Å²) >= 11 is 0. The van der Waals surface area contributed by atoms with Crippen LogP contribution in [0.4, 0.5) is 0 Å². The molecule has 4 rings (SSSR count). The third-order valence-electron chi connectivity index (χ3n) is 5.01. The molecule has 0 atom stereocenters. The van der Waals surface area contributed by atoms with Crippen LogP contribution in [0.2, 0.25) is 0 Å². The second-order valence-corrected chi connectivity index (χ2v) is 6.75. The Morgan fingerprint density at radius 1 is 1.15 bits per heavy atom. The molecule has 1 aromatic carbocycles. The van der Waals surface area contributed by atoms with Crippen LogP contribution in [-0.2, 0) is 24.3 Å². The van der Waals surface area contributed by atoms with Crippen molar-refractivity contribution < 1.29 is 9.53 Å². The predicted molar refractivity (Wildman–Crippen MR) is 98.4 cm³/mol. The van der Waals surface area contributed by atoms with Crippen molar-refractivity contribution in [3.8, 4) is 6.01 Å². The molecule has 6 heteroatoms. The number of carbonyl (C=O) groups is 1. The van der Waals surface area contributed by atoms with Crippen molar-refractivity contribution in [3.63, 3.8) is 0 Å². The minimum Gasteiger partial charge on any atom is -0.467 e. The van der Waals surface area contributed by atoms with Gasteiger partial charge in [-0.2, -0.15) is 0 Å². The Morgan fingerprint density at radius 2 is 1.96 bits per heavy atom. The zero-order valence-corrected chi connectivity index (χ0v) is 15.2. The molecule has 26 heavy (non-hydrogen) atoms. The van der Waals surface area contributed by atoms with Crippen LogP contribution in [-0.4, -0.2) is 40.1 Å². The molecule has 1 aromatic heterocycles. The number of rotatable bonds is 5. The number of amides is 1. The largest absolute Gasteiger partial charge is 0.467 e. The first-order chi connectivity index (χ1) is 12.7. The maximum atomic E-state index is 12.4. The van der Waals surface area contributed by atoms with E-state index in [1.54, 1.807) is 19.5 Å². The highest BCUT2D eigenvalue weighted by Crippen LogP contribution is 2.30. The fourth-order valence-electron chi connectivity index (χ4n) is 3.56. The quantitative estimate of drug-likeness (QED) is 0.831. The summed E-state index contributed by atoms with van der Waals surface area (Å²) in [5, 5.41) is 0. The molecule has 2 aromatic rings. The first kappa shape index (κ1) is 16.7. The lowest BCUT2D eigenvalue weighted by atomic mass is 9.91. The number of carbonyl (C=O) groups excluding carboxylic acids is 1. The minimum absolute atomic E-state index is 0.230. The van der Waals surface area contributed by atoms with E-state index in [1.807, 2.05) is 4.90 Å². The van der Waals surface area contributed by atoms with Crippen LogP contribution in [0.5, 0.6) is 6.01 Å². The van der Waals surface area contributed by atoms with E-state index in [4.69, 9.17) is 4.74 Å². The van der Waals surface area contributed by atoms with Crippen LogP contribution in [0.1, 0.15) is 47.6 Å². The molecule has 0 N–H and O–H groups in total. The normalized spacial score (nSPS) is 15.5. The summed E-state index contributed by atoms with van der Waals surface area (Å²) in [6.45, 7) is 4.31. The lowest BCUT2D eigenvalue weighted by Crippen LogP contribution is -2.37. The summed E-state index contributed by atoms with van der Waals surface area (Å²) in [5.74, 6) is 0.230. The monoisotopic (exact) mass is 350 g/mol. The molecule has 0 radical (unpaired) electrons. The van der Waals surface area contributed by atoms with Crippen molar-refractivity contribution >= 4 is 11.6 Å². The van der Waals surface area contributed by atoms with Crippen LogP contribution in [0.15, 0.2) is 29.5 Å². The van der Waals surface area contributed by atoms with Gasteiger partial charge in [-0.15, -0.1) is 0 Å². The minimum atomic E-state index is 0.230. The standard InChI is InChI=1S/C20H22N4O2/c1-3-4-5-24-12-15-7-17-14(6-13(15)8-18(24)25)9-21-19(17)16-10-22-20(26-2)23-11-16/h6-7,10-11H,3-5,8-9,12H2,1-2H3. The number of unbranched alkanes of at least 4 members (excludes halogenated alkanes) is 1. The number of nitrogens with zero attached hydrogens (tertiary/aromatic N) is 4. The molecular formula is C20H22N4O2. The molecule has 134 valence electrons. The third kappa shape index (κ3) is 2.96. The average Bonchev–Trinajstić information content (AvgIpc) is 3.07. The number of ether oxygens (including phenoxy) is 1. The van der Waals surface area contributed by atoms with Gasteiger partial charge in [0.05, 0.1) is 25.8 Å². The van der Waals surface area contributed by atoms with Crippen LogP contribution in [0.25, 0.3) is 0 Å². The van der Waals surface area contributed by atoms with Crippen molar-refractivity contribution in [2.45, 2.75) is 39.3 Å². The van der Waals surface area contributed by atoms with Gasteiger partial charge >= 0.3 is 6.01 Å². The third-order valence-corrected chi connectivity index (χ3v) is 5.01. The highest BCUT2D eigenvalue weighted by Gasteiger charge is 2.27. The van der Waals surface area contributed by atoms with Crippen LogP contribution >= 0.6 is 0 Å². The number of methoxy groups -OCH3 is 1. The van der Waals surface area contributed by atoms with Gasteiger partial charge in [0.2, 0.25) is 5.91 Å². The summed E-state index contributed by atoms with van der Waals surface area (Å²) in [6, 6.07) is 4.70. The van der Waals surface area contributed by atoms with E-state index in [0.717, 1.165) is 41.8 Å². The van der Waals surface area contributed by atoms with Crippen molar-refractivity contribution in [1.29, 1.82) is 0 Å². The summed E-state index contributed by atoms with van der Waals surface area (Å²) in [6.07, 6.45) is 6.12. The number of aliphatic imine (C=N–C) groups is 1. The van der Waals surface area contributed by atoms with Gasteiger partial charge in [0.1, 0.15) is 0 Å². The van der Waals surface area contributed by atoms with Crippen LogP contribution in [0.3, 0.4) is 0 Å². The first-order valence-electron chi connectivity index (χ1n) is 9.03. The lowest BCUT2D eigenvalue weighted by molar-refractivity contribution is -0.132. The van der Waals surface area contributed by atoms with E-state index in [0.29, 0.717) is 25.5 Å². The van der Waals surface area contributed by atoms with Crippen molar-refractivity contribution in [1.82, 2.24) is 14.9 Å². The highest BCUT2D eigenvalue weighted by atomic mass is 16.5. The molecule has 1 amide bonds. The summed E-state index contributed by atoms with van der Waals surface area (Å²) < 4.78 is 5.03. The number of aromatic nitrogens is 2. The van der Waals surface area contributed by atoms with E-state index in [2.05, 4.69) is 34.0 Å². The second-order valence-electron chi connectivity index (χ2n) is 6.75. The van der Waals surface area contributed by atoms with Gasteiger partial charge < -0.3 is 9.64 Å². The zero-order valence-electron chi connectivity index (χ0n) is 15.2. The van der Waals surface area contributed by atoms with Crippen molar-refractivity contribution in [2.24, 2.45) is 4.99 Å².